The van der Waals surface area contributed by atoms with E-state index >= 15 is 0 Å². The van der Waals surface area contributed by atoms with Crippen LogP contribution in [-0.2, 0) is 0 Å². The summed E-state index contributed by atoms with van der Waals surface area (Å²) in [6, 6.07) is 13.4. The minimum atomic E-state index is -0.114. The summed E-state index contributed by atoms with van der Waals surface area (Å²) in [5, 5.41) is 13.0. The van der Waals surface area contributed by atoms with Crippen molar-refractivity contribution in [3.63, 3.8) is 0 Å². The molecule has 1 atom stereocenters. The predicted octanol–water partition coefficient (Wildman–Crippen LogP) is 2.70. The fourth-order valence-electron chi connectivity index (χ4n) is 2.25. The molecule has 0 aliphatic heterocycles. The lowest BCUT2D eigenvalue weighted by Crippen LogP contribution is -2.29. The van der Waals surface area contributed by atoms with E-state index in [2.05, 4.69) is 10.3 Å². The zero-order valence-corrected chi connectivity index (χ0v) is 13.3. The van der Waals surface area contributed by atoms with Gasteiger partial charge < -0.3 is 10.4 Å². The monoisotopic (exact) mass is 316 g/mol. The van der Waals surface area contributed by atoms with Crippen LogP contribution in [0.5, 0.6) is 0 Å². The summed E-state index contributed by atoms with van der Waals surface area (Å²) < 4.78 is 0. The number of pyridine rings is 1. The van der Waals surface area contributed by atoms with Crippen LogP contribution in [0.15, 0.2) is 53.7 Å². The van der Waals surface area contributed by atoms with Crippen molar-refractivity contribution in [1.29, 1.82) is 0 Å². The van der Waals surface area contributed by atoms with Gasteiger partial charge in [0.2, 0.25) is 0 Å². The first-order chi connectivity index (χ1) is 10.7. The number of carbonyl (C=O) groups is 1. The summed E-state index contributed by atoms with van der Waals surface area (Å²) in [4.78, 5) is 16.4. The number of aliphatic hydroxyl groups is 1. The van der Waals surface area contributed by atoms with Gasteiger partial charge in [0.1, 0.15) is 0 Å². The fraction of sp³-hybridized carbons (Fsp3) is 0.294. The van der Waals surface area contributed by atoms with Gasteiger partial charge in [0.15, 0.2) is 0 Å². The molecular formula is C17H20N2O2S. The molecule has 22 heavy (non-hydrogen) atoms. The van der Waals surface area contributed by atoms with Gasteiger partial charge in [0.05, 0.1) is 5.03 Å². The predicted molar refractivity (Wildman–Crippen MR) is 89.2 cm³/mol. The summed E-state index contributed by atoms with van der Waals surface area (Å²) in [6.07, 6.45) is 4.19. The molecule has 1 unspecified atom stereocenters. The summed E-state index contributed by atoms with van der Waals surface area (Å²) in [7, 11) is 0. The highest BCUT2D eigenvalue weighted by atomic mass is 32.2. The molecule has 4 nitrogen and oxygen atoms in total. The van der Waals surface area contributed by atoms with E-state index in [1.54, 1.807) is 18.3 Å². The van der Waals surface area contributed by atoms with Gasteiger partial charge in [-0.2, -0.15) is 0 Å². The topological polar surface area (TPSA) is 62.2 Å². The number of benzene rings is 1. The number of aromatic nitrogens is 1. The van der Waals surface area contributed by atoms with Crippen molar-refractivity contribution in [3.05, 3.63) is 59.8 Å². The average Bonchev–Trinajstić information content (AvgIpc) is 2.59. The van der Waals surface area contributed by atoms with Crippen LogP contribution in [0, 0.1) is 0 Å². The quantitative estimate of drug-likeness (QED) is 0.771. The Morgan fingerprint density at radius 1 is 1.32 bits per heavy atom. The van der Waals surface area contributed by atoms with Crippen molar-refractivity contribution < 1.29 is 9.90 Å². The molecule has 1 aromatic carbocycles. The van der Waals surface area contributed by atoms with E-state index in [9.17, 15) is 9.90 Å². The minimum absolute atomic E-state index is 0.0985. The van der Waals surface area contributed by atoms with E-state index in [1.807, 2.05) is 36.6 Å². The maximum Gasteiger partial charge on any atom is 0.251 e. The molecule has 0 spiro atoms. The molecule has 5 heteroatoms. The van der Waals surface area contributed by atoms with Gasteiger partial charge >= 0.3 is 0 Å². The number of amides is 1. The lowest BCUT2D eigenvalue weighted by atomic mass is 9.96. The smallest absolute Gasteiger partial charge is 0.251 e. The minimum Gasteiger partial charge on any atom is -0.396 e. The Morgan fingerprint density at radius 3 is 2.77 bits per heavy atom. The lowest BCUT2D eigenvalue weighted by Gasteiger charge is -2.17. The van der Waals surface area contributed by atoms with E-state index in [1.165, 1.54) is 11.8 Å². The number of carbonyl (C=O) groups excluding carboxylic acids is 1. The molecule has 2 rings (SSSR count). The SMILES string of the molecule is CSc1cc(C(=O)NCC(CCO)c2ccccc2)ccn1. The molecule has 0 radical (unpaired) electrons. The van der Waals surface area contributed by atoms with Crippen LogP contribution >= 0.6 is 11.8 Å². The Kier molecular flexibility index (Phi) is 6.43. The highest BCUT2D eigenvalue weighted by Gasteiger charge is 2.13. The normalized spacial score (nSPS) is 11.9. The summed E-state index contributed by atoms with van der Waals surface area (Å²) in [5.74, 6) is -0.00595. The number of nitrogens with one attached hydrogen (secondary N) is 1. The highest BCUT2D eigenvalue weighted by Crippen LogP contribution is 2.18. The molecule has 0 bridgehead atoms. The van der Waals surface area contributed by atoms with E-state index < -0.39 is 0 Å². The molecule has 1 aromatic heterocycles. The number of nitrogens with zero attached hydrogens (tertiary/aromatic N) is 1. The van der Waals surface area contributed by atoms with Gasteiger partial charge in [-0.25, -0.2) is 4.98 Å². The molecule has 0 aliphatic carbocycles. The van der Waals surface area contributed by atoms with Gasteiger partial charge in [-0.05, 0) is 30.4 Å². The van der Waals surface area contributed by atoms with Crippen molar-refractivity contribution in [2.45, 2.75) is 17.4 Å². The van der Waals surface area contributed by atoms with Crippen LogP contribution in [0.3, 0.4) is 0 Å². The van der Waals surface area contributed by atoms with Crippen LogP contribution in [-0.4, -0.2) is 35.4 Å². The molecule has 1 amide bonds. The number of hydrogen-bond acceptors (Lipinski definition) is 4. The molecule has 0 saturated carbocycles. The Balaban J connectivity index is 2.01. The van der Waals surface area contributed by atoms with Crippen molar-refractivity contribution in [2.75, 3.05) is 19.4 Å². The zero-order valence-electron chi connectivity index (χ0n) is 12.5. The zero-order chi connectivity index (χ0) is 15.8. The second-order valence-corrected chi connectivity index (χ2v) is 5.74. The first-order valence-electron chi connectivity index (χ1n) is 7.18. The molecular weight excluding hydrogens is 296 g/mol. The molecule has 0 aliphatic rings. The first kappa shape index (κ1) is 16.5. The fourth-order valence-corrected chi connectivity index (χ4v) is 2.66. The van der Waals surface area contributed by atoms with Gasteiger partial charge in [-0.3, -0.25) is 4.79 Å². The molecule has 0 fully saturated rings. The highest BCUT2D eigenvalue weighted by molar-refractivity contribution is 7.98. The Bertz CT molecular complexity index is 605. The van der Waals surface area contributed by atoms with Crippen LogP contribution in [0.1, 0.15) is 28.3 Å². The number of hydrogen-bond donors (Lipinski definition) is 2. The van der Waals surface area contributed by atoms with Crippen LogP contribution in [0.2, 0.25) is 0 Å². The van der Waals surface area contributed by atoms with Gasteiger partial charge in [0, 0.05) is 30.8 Å². The maximum atomic E-state index is 12.2. The second kappa shape index (κ2) is 8.56. The summed E-state index contributed by atoms with van der Waals surface area (Å²) in [5.41, 5.74) is 1.73. The van der Waals surface area contributed by atoms with E-state index in [0.717, 1.165) is 10.6 Å². The van der Waals surface area contributed by atoms with Crippen molar-refractivity contribution in [3.8, 4) is 0 Å². The van der Waals surface area contributed by atoms with Crippen LogP contribution < -0.4 is 5.32 Å². The van der Waals surface area contributed by atoms with Crippen LogP contribution in [0.25, 0.3) is 0 Å². The van der Waals surface area contributed by atoms with Crippen molar-refractivity contribution in [1.82, 2.24) is 10.3 Å². The van der Waals surface area contributed by atoms with Crippen LogP contribution in [0.4, 0.5) is 0 Å². The van der Waals surface area contributed by atoms with Crippen molar-refractivity contribution >= 4 is 17.7 Å². The molecule has 2 N–H and O–H groups in total. The largest absolute Gasteiger partial charge is 0.396 e. The molecule has 2 aromatic rings. The average molecular weight is 316 g/mol. The van der Waals surface area contributed by atoms with Gasteiger partial charge in [-0.1, -0.05) is 30.3 Å². The first-order valence-corrected chi connectivity index (χ1v) is 8.41. The van der Waals surface area contributed by atoms with E-state index in [4.69, 9.17) is 0 Å². The summed E-state index contributed by atoms with van der Waals surface area (Å²) in [6.45, 7) is 0.599. The molecule has 1 heterocycles. The van der Waals surface area contributed by atoms with Gasteiger partial charge in [-0.15, -0.1) is 11.8 Å². The lowest BCUT2D eigenvalue weighted by molar-refractivity contribution is 0.0949. The number of thioether (sulfide) groups is 1. The third kappa shape index (κ3) is 4.58. The third-order valence-electron chi connectivity index (χ3n) is 3.46. The number of aliphatic hydroxyl groups excluding tert-OH is 1. The third-order valence-corrected chi connectivity index (χ3v) is 4.11. The van der Waals surface area contributed by atoms with Crippen molar-refractivity contribution in [2.24, 2.45) is 0 Å². The second-order valence-electron chi connectivity index (χ2n) is 4.92. The van der Waals surface area contributed by atoms with E-state index in [0.29, 0.717) is 18.5 Å². The summed E-state index contributed by atoms with van der Waals surface area (Å²) >= 11 is 1.51. The Hall–Kier alpha value is -1.85. The number of rotatable bonds is 7. The van der Waals surface area contributed by atoms with E-state index in [-0.39, 0.29) is 18.4 Å². The standard InChI is InChI=1S/C17H20N2O2S/c1-22-16-11-14(7-9-18-16)17(21)19-12-15(8-10-20)13-5-3-2-4-6-13/h2-7,9,11,15,20H,8,10,12H2,1H3,(H,19,21). The molecule has 116 valence electrons. The molecule has 0 saturated heterocycles. The maximum absolute atomic E-state index is 12.2. The Labute approximate surface area is 135 Å². The van der Waals surface area contributed by atoms with Gasteiger partial charge in [0.25, 0.3) is 5.91 Å². The Morgan fingerprint density at radius 2 is 2.09 bits per heavy atom.